The van der Waals surface area contributed by atoms with E-state index in [-0.39, 0.29) is 0 Å². The highest BCUT2D eigenvalue weighted by molar-refractivity contribution is 7.90. The van der Waals surface area contributed by atoms with Crippen molar-refractivity contribution in [2.75, 3.05) is 4.72 Å². The molecule has 24 heavy (non-hydrogen) atoms. The number of benzene rings is 2. The molecular formula is C17H16N4O2S. The van der Waals surface area contributed by atoms with E-state index in [2.05, 4.69) is 14.4 Å². The molecule has 2 aromatic carbocycles. The zero-order valence-corrected chi connectivity index (χ0v) is 13.8. The van der Waals surface area contributed by atoms with Crippen LogP contribution in [0.15, 0.2) is 55.0 Å². The van der Waals surface area contributed by atoms with Crippen molar-refractivity contribution < 1.29 is 8.42 Å². The summed E-state index contributed by atoms with van der Waals surface area (Å²) in [6.07, 6.45) is 3.73. The van der Waals surface area contributed by atoms with Crippen molar-refractivity contribution in [3.05, 3.63) is 66.2 Å². The molecule has 3 aromatic rings. The van der Waals surface area contributed by atoms with Gasteiger partial charge in [0.2, 0.25) is 0 Å². The van der Waals surface area contributed by atoms with E-state index in [4.69, 9.17) is 0 Å². The van der Waals surface area contributed by atoms with Gasteiger partial charge in [-0.05, 0) is 30.2 Å². The van der Waals surface area contributed by atoms with Crippen LogP contribution in [0.1, 0.15) is 11.3 Å². The van der Waals surface area contributed by atoms with Gasteiger partial charge in [0.15, 0.2) is 0 Å². The second-order valence-electron chi connectivity index (χ2n) is 5.74. The van der Waals surface area contributed by atoms with Crippen LogP contribution in [0.2, 0.25) is 0 Å². The van der Waals surface area contributed by atoms with Crippen molar-refractivity contribution in [3.8, 4) is 16.8 Å². The molecule has 6 nitrogen and oxygen atoms in total. The normalized spacial score (nSPS) is 15.5. The van der Waals surface area contributed by atoms with E-state index in [1.54, 1.807) is 6.33 Å². The second-order valence-corrected chi connectivity index (χ2v) is 7.24. The molecule has 0 spiro atoms. The maximum Gasteiger partial charge on any atom is 0.299 e. The average Bonchev–Trinajstić information content (AvgIpc) is 3.00. The quantitative estimate of drug-likeness (QED) is 0.753. The van der Waals surface area contributed by atoms with Crippen LogP contribution >= 0.6 is 0 Å². The monoisotopic (exact) mass is 340 g/mol. The van der Waals surface area contributed by atoms with Crippen molar-refractivity contribution in [3.63, 3.8) is 0 Å². The van der Waals surface area contributed by atoms with E-state index < -0.39 is 10.2 Å². The topological polar surface area (TPSA) is 76.0 Å². The van der Waals surface area contributed by atoms with E-state index in [9.17, 15) is 8.42 Å². The maximum absolute atomic E-state index is 11.8. The lowest BCUT2D eigenvalue weighted by Gasteiger charge is -2.22. The Bertz CT molecular complexity index is 1010. The number of aryl methyl sites for hydroxylation is 1. The summed E-state index contributed by atoms with van der Waals surface area (Å²) >= 11 is 0. The SMILES string of the molecule is Cc1cn(-c2ccc(-c3cccc4c3NS(=O)(=O)NC4)cc2)cn1. The van der Waals surface area contributed by atoms with Gasteiger partial charge in [0.1, 0.15) is 0 Å². The Balaban J connectivity index is 1.75. The molecule has 1 aliphatic rings. The van der Waals surface area contributed by atoms with Gasteiger partial charge in [0.05, 0.1) is 17.7 Å². The summed E-state index contributed by atoms with van der Waals surface area (Å²) in [7, 11) is -3.49. The van der Waals surface area contributed by atoms with Crippen LogP contribution in [0.4, 0.5) is 5.69 Å². The highest BCUT2D eigenvalue weighted by Gasteiger charge is 2.21. The van der Waals surface area contributed by atoms with Crippen LogP contribution in [-0.2, 0) is 16.8 Å². The first-order valence-electron chi connectivity index (χ1n) is 7.52. The number of nitrogens with one attached hydrogen (secondary N) is 2. The van der Waals surface area contributed by atoms with Gasteiger partial charge < -0.3 is 4.57 Å². The van der Waals surface area contributed by atoms with E-state index in [0.29, 0.717) is 12.2 Å². The molecule has 4 rings (SSSR count). The Morgan fingerprint density at radius 2 is 1.92 bits per heavy atom. The van der Waals surface area contributed by atoms with Crippen LogP contribution in [0.3, 0.4) is 0 Å². The first kappa shape index (κ1) is 14.9. The van der Waals surface area contributed by atoms with E-state index in [0.717, 1.165) is 28.1 Å². The van der Waals surface area contributed by atoms with E-state index in [1.807, 2.05) is 60.2 Å². The lowest BCUT2D eigenvalue weighted by atomic mass is 10.00. The number of anilines is 1. The van der Waals surface area contributed by atoms with Gasteiger partial charge in [-0.3, -0.25) is 4.72 Å². The van der Waals surface area contributed by atoms with Crippen LogP contribution in [0, 0.1) is 6.92 Å². The molecule has 0 radical (unpaired) electrons. The van der Waals surface area contributed by atoms with Crippen LogP contribution in [0.5, 0.6) is 0 Å². The van der Waals surface area contributed by atoms with E-state index >= 15 is 0 Å². The number of rotatable bonds is 2. The molecule has 1 aromatic heterocycles. The molecule has 0 aliphatic carbocycles. The van der Waals surface area contributed by atoms with Gasteiger partial charge in [0.25, 0.3) is 10.2 Å². The highest BCUT2D eigenvalue weighted by Crippen LogP contribution is 2.34. The fourth-order valence-corrected chi connectivity index (χ4v) is 3.75. The lowest BCUT2D eigenvalue weighted by Crippen LogP contribution is -2.34. The molecule has 0 amide bonds. The van der Waals surface area contributed by atoms with Crippen LogP contribution in [-0.4, -0.2) is 18.0 Å². The molecule has 0 bridgehead atoms. The van der Waals surface area contributed by atoms with Crippen molar-refractivity contribution in [1.82, 2.24) is 14.3 Å². The minimum Gasteiger partial charge on any atom is -0.306 e. The molecule has 1 aliphatic heterocycles. The number of fused-ring (bicyclic) bond motifs is 1. The lowest BCUT2D eigenvalue weighted by molar-refractivity contribution is 0.584. The standard InChI is InChI=1S/C17H16N4O2S/c1-12-10-21(11-18-12)15-7-5-13(6-8-15)16-4-2-3-14-9-19-24(22,23)20-17(14)16/h2-8,10-11,19-20H,9H2,1H3. The minimum atomic E-state index is -3.49. The highest BCUT2D eigenvalue weighted by atomic mass is 32.2. The van der Waals surface area contributed by atoms with Gasteiger partial charge in [-0.25, -0.2) is 4.98 Å². The number of aromatic nitrogens is 2. The third-order valence-electron chi connectivity index (χ3n) is 4.03. The largest absolute Gasteiger partial charge is 0.306 e. The van der Waals surface area contributed by atoms with Crippen molar-refractivity contribution >= 4 is 15.9 Å². The molecule has 2 heterocycles. The number of nitrogens with zero attached hydrogens (tertiary/aromatic N) is 2. The first-order chi connectivity index (χ1) is 11.5. The molecule has 0 saturated carbocycles. The third kappa shape index (κ3) is 2.68. The van der Waals surface area contributed by atoms with Crippen LogP contribution in [0.25, 0.3) is 16.8 Å². The Labute approximate surface area is 140 Å². The number of imidazole rings is 1. The van der Waals surface area contributed by atoms with Gasteiger partial charge in [0, 0.05) is 24.0 Å². The molecule has 0 atom stereocenters. The van der Waals surface area contributed by atoms with Crippen molar-refractivity contribution in [1.29, 1.82) is 0 Å². The fraction of sp³-hybridized carbons (Fsp3) is 0.118. The summed E-state index contributed by atoms with van der Waals surface area (Å²) in [6.45, 7) is 2.24. The molecule has 0 fully saturated rings. The van der Waals surface area contributed by atoms with Gasteiger partial charge in [-0.2, -0.15) is 13.1 Å². The van der Waals surface area contributed by atoms with Crippen molar-refractivity contribution in [2.45, 2.75) is 13.5 Å². The number of hydrogen-bond donors (Lipinski definition) is 2. The first-order valence-corrected chi connectivity index (χ1v) is 9.01. The number of para-hydroxylation sites is 1. The molecule has 122 valence electrons. The third-order valence-corrected chi connectivity index (χ3v) is 5.03. The van der Waals surface area contributed by atoms with E-state index in [1.165, 1.54) is 0 Å². The summed E-state index contributed by atoms with van der Waals surface area (Å²) in [5, 5.41) is 0. The Morgan fingerprint density at radius 3 is 2.62 bits per heavy atom. The van der Waals surface area contributed by atoms with Gasteiger partial charge >= 0.3 is 0 Å². The van der Waals surface area contributed by atoms with Crippen molar-refractivity contribution in [2.24, 2.45) is 0 Å². The fourth-order valence-electron chi connectivity index (χ4n) is 2.83. The zero-order chi connectivity index (χ0) is 16.7. The predicted octanol–water partition coefficient (Wildman–Crippen LogP) is 2.61. The van der Waals surface area contributed by atoms with Gasteiger partial charge in [-0.15, -0.1) is 0 Å². The molecule has 7 heteroatoms. The average molecular weight is 340 g/mol. The van der Waals surface area contributed by atoms with Crippen LogP contribution < -0.4 is 9.44 Å². The molecule has 0 unspecified atom stereocenters. The Morgan fingerprint density at radius 1 is 1.12 bits per heavy atom. The molecule has 0 saturated heterocycles. The Kier molecular flexibility index (Phi) is 3.40. The summed E-state index contributed by atoms with van der Waals surface area (Å²) in [4.78, 5) is 4.23. The predicted molar refractivity (Wildman–Crippen MR) is 93.1 cm³/mol. The maximum atomic E-state index is 11.8. The summed E-state index contributed by atoms with van der Waals surface area (Å²) in [5.41, 5.74) is 5.35. The molecular weight excluding hydrogens is 324 g/mol. The second kappa shape index (κ2) is 5.47. The Hall–Kier alpha value is -2.64. The summed E-state index contributed by atoms with van der Waals surface area (Å²) in [5.74, 6) is 0. The van der Waals surface area contributed by atoms with Gasteiger partial charge in [-0.1, -0.05) is 30.3 Å². The zero-order valence-electron chi connectivity index (χ0n) is 13.0. The minimum absolute atomic E-state index is 0.297. The molecule has 2 N–H and O–H groups in total. The smallest absolute Gasteiger partial charge is 0.299 e. The summed E-state index contributed by atoms with van der Waals surface area (Å²) in [6, 6.07) is 13.7. The summed E-state index contributed by atoms with van der Waals surface area (Å²) < 4.78 is 30.6. The number of hydrogen-bond acceptors (Lipinski definition) is 3.